The minimum Gasteiger partial charge on any atom is -0.478 e. The van der Waals surface area contributed by atoms with Crippen LogP contribution < -0.4 is 4.90 Å². The van der Waals surface area contributed by atoms with Crippen LogP contribution >= 0.6 is 11.8 Å². The Labute approximate surface area is 127 Å². The van der Waals surface area contributed by atoms with E-state index in [4.69, 9.17) is 5.11 Å². The van der Waals surface area contributed by atoms with E-state index in [9.17, 15) is 14.9 Å². The number of carboxylic acid groups (broad SMARTS) is 1. The molecule has 1 N–H and O–H groups in total. The summed E-state index contributed by atoms with van der Waals surface area (Å²) in [6.07, 6.45) is 0.895. The molecule has 21 heavy (non-hydrogen) atoms. The number of nitro groups is 1. The van der Waals surface area contributed by atoms with Gasteiger partial charge >= 0.3 is 5.97 Å². The molecule has 0 aromatic heterocycles. The van der Waals surface area contributed by atoms with Gasteiger partial charge in [-0.25, -0.2) is 4.79 Å². The van der Waals surface area contributed by atoms with Crippen LogP contribution in [-0.4, -0.2) is 39.6 Å². The zero-order valence-electron chi connectivity index (χ0n) is 12.0. The number of hydrogen-bond acceptors (Lipinski definition) is 5. The summed E-state index contributed by atoms with van der Waals surface area (Å²) in [4.78, 5) is 23.7. The van der Waals surface area contributed by atoms with Gasteiger partial charge in [-0.3, -0.25) is 10.1 Å². The summed E-state index contributed by atoms with van der Waals surface area (Å²) in [6, 6.07) is 3.96. The molecule has 2 rings (SSSR count). The second kappa shape index (κ2) is 5.93. The highest BCUT2D eigenvalue weighted by molar-refractivity contribution is 8.00. The molecule has 7 heteroatoms. The van der Waals surface area contributed by atoms with Crippen LogP contribution in [0.4, 0.5) is 11.4 Å². The third-order valence-corrected chi connectivity index (χ3v) is 4.97. The molecule has 0 saturated carbocycles. The number of hydrogen-bond donors (Lipinski definition) is 1. The Kier molecular flexibility index (Phi) is 4.41. The van der Waals surface area contributed by atoms with Crippen molar-refractivity contribution < 1.29 is 14.8 Å². The quantitative estimate of drug-likeness (QED) is 0.682. The van der Waals surface area contributed by atoms with E-state index in [0.29, 0.717) is 18.8 Å². The van der Waals surface area contributed by atoms with Gasteiger partial charge < -0.3 is 10.0 Å². The zero-order valence-corrected chi connectivity index (χ0v) is 12.9. The third-order valence-electron chi connectivity index (χ3n) is 3.60. The first-order valence-electron chi connectivity index (χ1n) is 6.71. The van der Waals surface area contributed by atoms with Gasteiger partial charge in [-0.1, -0.05) is 13.8 Å². The molecular formula is C14H18N2O4S. The van der Waals surface area contributed by atoms with Gasteiger partial charge in [-0.2, -0.15) is 11.8 Å². The monoisotopic (exact) mass is 310 g/mol. The predicted molar refractivity (Wildman–Crippen MR) is 83.4 cm³/mol. The fourth-order valence-electron chi connectivity index (χ4n) is 2.33. The highest BCUT2D eigenvalue weighted by Crippen LogP contribution is 2.35. The van der Waals surface area contributed by atoms with Crippen LogP contribution in [0.25, 0.3) is 0 Å². The van der Waals surface area contributed by atoms with Crippen molar-refractivity contribution in [3.63, 3.8) is 0 Å². The Morgan fingerprint density at radius 3 is 2.76 bits per heavy atom. The summed E-state index contributed by atoms with van der Waals surface area (Å²) < 4.78 is 0.133. The van der Waals surface area contributed by atoms with E-state index in [1.807, 2.05) is 16.7 Å². The Morgan fingerprint density at radius 1 is 1.43 bits per heavy atom. The second-order valence-corrected chi connectivity index (χ2v) is 7.41. The van der Waals surface area contributed by atoms with Gasteiger partial charge in [0.05, 0.1) is 10.5 Å². The van der Waals surface area contributed by atoms with Crippen molar-refractivity contribution in [1.29, 1.82) is 0 Å². The fraction of sp³-hybridized carbons (Fsp3) is 0.500. The van der Waals surface area contributed by atoms with Gasteiger partial charge in [-0.15, -0.1) is 0 Å². The molecule has 1 aliphatic rings. The second-order valence-electron chi connectivity index (χ2n) is 5.61. The summed E-state index contributed by atoms with van der Waals surface area (Å²) in [5.41, 5.74) is 0.440. The summed E-state index contributed by atoms with van der Waals surface area (Å²) in [5.74, 6) is -0.211. The van der Waals surface area contributed by atoms with Crippen LogP contribution in [-0.2, 0) is 0 Å². The van der Waals surface area contributed by atoms with Crippen LogP contribution in [0.3, 0.4) is 0 Å². The lowest BCUT2D eigenvalue weighted by molar-refractivity contribution is -0.384. The first-order chi connectivity index (χ1) is 9.80. The molecule has 0 aliphatic carbocycles. The zero-order chi connectivity index (χ0) is 15.6. The summed E-state index contributed by atoms with van der Waals surface area (Å²) in [6.45, 7) is 5.68. The maximum atomic E-state index is 11.2. The van der Waals surface area contributed by atoms with Crippen molar-refractivity contribution in [2.45, 2.75) is 25.0 Å². The highest BCUT2D eigenvalue weighted by atomic mass is 32.2. The van der Waals surface area contributed by atoms with Crippen LogP contribution in [0.5, 0.6) is 0 Å². The minimum atomic E-state index is -1.07. The summed E-state index contributed by atoms with van der Waals surface area (Å²) in [5, 5.41) is 20.3. The number of thioether (sulfide) groups is 1. The van der Waals surface area contributed by atoms with Crippen molar-refractivity contribution in [3.05, 3.63) is 33.9 Å². The highest BCUT2D eigenvalue weighted by Gasteiger charge is 2.27. The molecule has 114 valence electrons. The van der Waals surface area contributed by atoms with E-state index in [1.54, 1.807) is 0 Å². The van der Waals surface area contributed by atoms with Crippen molar-refractivity contribution in [2.24, 2.45) is 0 Å². The topological polar surface area (TPSA) is 83.7 Å². The van der Waals surface area contributed by atoms with Crippen molar-refractivity contribution in [1.82, 2.24) is 0 Å². The van der Waals surface area contributed by atoms with Gasteiger partial charge in [0.15, 0.2) is 0 Å². The molecule has 0 atom stereocenters. The molecule has 1 fully saturated rings. The molecule has 1 aliphatic heterocycles. The van der Waals surface area contributed by atoms with Crippen LogP contribution in [0, 0.1) is 10.1 Å². The van der Waals surface area contributed by atoms with E-state index >= 15 is 0 Å². The molecule has 1 aromatic rings. The molecule has 0 amide bonds. The SMILES string of the molecule is CC1(C)CCN(c2cc(C(=O)O)ccc2[N+](=O)[O-])CCS1. The lowest BCUT2D eigenvalue weighted by Crippen LogP contribution is -2.27. The number of nitrogens with zero attached hydrogens (tertiary/aromatic N) is 2. The Balaban J connectivity index is 2.38. The van der Waals surface area contributed by atoms with Crippen LogP contribution in [0.15, 0.2) is 18.2 Å². The number of carbonyl (C=O) groups is 1. The third kappa shape index (κ3) is 3.66. The van der Waals surface area contributed by atoms with Crippen molar-refractivity contribution >= 4 is 29.1 Å². The molecule has 0 spiro atoms. The average Bonchev–Trinajstić information content (AvgIpc) is 2.58. The molecule has 0 unspecified atom stereocenters. The molecule has 6 nitrogen and oxygen atoms in total. The molecule has 0 radical (unpaired) electrons. The summed E-state index contributed by atoms with van der Waals surface area (Å²) in [7, 11) is 0. The number of carboxylic acids is 1. The lowest BCUT2D eigenvalue weighted by atomic mass is 10.1. The van der Waals surface area contributed by atoms with Gasteiger partial charge in [0, 0.05) is 29.7 Å². The molecule has 0 bridgehead atoms. The normalized spacial score (nSPS) is 18.1. The van der Waals surface area contributed by atoms with Gasteiger partial charge in [-0.05, 0) is 18.6 Å². The number of aromatic carboxylic acids is 1. The molecule has 1 saturated heterocycles. The van der Waals surface area contributed by atoms with Crippen LogP contribution in [0.2, 0.25) is 0 Å². The number of anilines is 1. The van der Waals surface area contributed by atoms with E-state index < -0.39 is 10.9 Å². The molecule has 1 aromatic carbocycles. The standard InChI is InChI=1S/C14H18N2O4S/c1-14(2)5-6-15(7-8-21-14)12-9-10(13(17)18)3-4-11(12)16(19)20/h3-4,9H,5-8H2,1-2H3,(H,17,18). The number of benzene rings is 1. The van der Waals surface area contributed by atoms with Gasteiger partial charge in [0.1, 0.15) is 5.69 Å². The van der Waals surface area contributed by atoms with Crippen molar-refractivity contribution in [3.8, 4) is 0 Å². The van der Waals surface area contributed by atoms with E-state index in [0.717, 1.165) is 12.2 Å². The van der Waals surface area contributed by atoms with E-state index in [-0.39, 0.29) is 16.0 Å². The average molecular weight is 310 g/mol. The Hall–Kier alpha value is -1.76. The molecule has 1 heterocycles. The first kappa shape index (κ1) is 15.6. The first-order valence-corrected chi connectivity index (χ1v) is 7.69. The number of rotatable bonds is 3. The van der Waals surface area contributed by atoms with Crippen LogP contribution in [0.1, 0.15) is 30.6 Å². The largest absolute Gasteiger partial charge is 0.478 e. The number of nitro benzene ring substituents is 1. The van der Waals surface area contributed by atoms with E-state index in [2.05, 4.69) is 13.8 Å². The summed E-state index contributed by atoms with van der Waals surface area (Å²) >= 11 is 1.84. The Bertz CT molecular complexity index is 574. The van der Waals surface area contributed by atoms with E-state index in [1.165, 1.54) is 18.2 Å². The maximum absolute atomic E-state index is 11.2. The van der Waals surface area contributed by atoms with Gasteiger partial charge in [0.2, 0.25) is 0 Å². The molecular weight excluding hydrogens is 292 g/mol. The maximum Gasteiger partial charge on any atom is 0.335 e. The van der Waals surface area contributed by atoms with Gasteiger partial charge in [0.25, 0.3) is 5.69 Å². The minimum absolute atomic E-state index is 0.0373. The smallest absolute Gasteiger partial charge is 0.335 e. The Morgan fingerprint density at radius 2 is 2.14 bits per heavy atom. The predicted octanol–water partition coefficient (Wildman–Crippen LogP) is 3.01. The fourth-order valence-corrected chi connectivity index (χ4v) is 3.43. The van der Waals surface area contributed by atoms with Crippen molar-refractivity contribution in [2.75, 3.05) is 23.7 Å². The lowest BCUT2D eigenvalue weighted by Gasteiger charge is -2.24.